The molecule has 0 spiro atoms. The largest absolute Gasteiger partial charge is 0.354 e. The van der Waals surface area contributed by atoms with Crippen molar-refractivity contribution in [3.63, 3.8) is 0 Å². The summed E-state index contributed by atoms with van der Waals surface area (Å²) in [4.78, 5) is 59.1. The molecule has 208 valence electrons. The van der Waals surface area contributed by atoms with Gasteiger partial charge in [-0.15, -0.1) is 0 Å². The van der Waals surface area contributed by atoms with Crippen molar-refractivity contribution in [2.75, 3.05) is 44.7 Å². The van der Waals surface area contributed by atoms with E-state index in [9.17, 15) is 19.2 Å². The number of rotatable bonds is 10. The zero-order valence-corrected chi connectivity index (χ0v) is 22.8. The third-order valence-corrected chi connectivity index (χ3v) is 7.42. The third-order valence-electron chi connectivity index (χ3n) is 7.42. The van der Waals surface area contributed by atoms with E-state index in [0.29, 0.717) is 19.4 Å². The Morgan fingerprint density at radius 2 is 1.82 bits per heavy atom. The molecule has 0 saturated carbocycles. The van der Waals surface area contributed by atoms with E-state index in [1.54, 1.807) is 13.2 Å². The quantitative estimate of drug-likeness (QED) is 0.443. The molecule has 2 saturated heterocycles. The van der Waals surface area contributed by atoms with Crippen LogP contribution in [0, 0.1) is 6.92 Å². The fourth-order valence-electron chi connectivity index (χ4n) is 4.93. The molecule has 2 fully saturated rings. The first-order chi connectivity index (χ1) is 18.8. The third kappa shape index (κ3) is 8.10. The summed E-state index contributed by atoms with van der Waals surface area (Å²) in [6.07, 6.45) is 3.78. The average molecular weight is 535 g/mol. The van der Waals surface area contributed by atoms with E-state index in [0.717, 1.165) is 56.1 Å². The van der Waals surface area contributed by atoms with Crippen LogP contribution in [0.4, 0.5) is 5.82 Å². The van der Waals surface area contributed by atoms with Crippen LogP contribution in [0.5, 0.6) is 0 Å². The molecule has 10 nitrogen and oxygen atoms in total. The Labute approximate surface area is 229 Å². The van der Waals surface area contributed by atoms with Crippen LogP contribution in [0.1, 0.15) is 42.4 Å². The summed E-state index contributed by atoms with van der Waals surface area (Å²) in [5, 5.41) is 5.30. The fourth-order valence-corrected chi connectivity index (χ4v) is 4.93. The monoisotopic (exact) mass is 534 g/mol. The van der Waals surface area contributed by atoms with Gasteiger partial charge in [0, 0.05) is 58.8 Å². The van der Waals surface area contributed by atoms with Gasteiger partial charge in [0.2, 0.25) is 23.6 Å². The van der Waals surface area contributed by atoms with Crippen LogP contribution in [0.2, 0.25) is 0 Å². The first-order valence-corrected chi connectivity index (χ1v) is 13.6. The van der Waals surface area contributed by atoms with Gasteiger partial charge in [-0.25, -0.2) is 4.98 Å². The smallest absolute Gasteiger partial charge is 0.249 e. The first kappa shape index (κ1) is 28.2. The van der Waals surface area contributed by atoms with Crippen molar-refractivity contribution in [3.8, 4) is 0 Å². The van der Waals surface area contributed by atoms with Crippen molar-refractivity contribution in [1.82, 2.24) is 25.4 Å². The number of aromatic nitrogens is 1. The molecule has 0 aliphatic carbocycles. The standard InChI is InChI=1S/C29H38N6O4/c1-21-5-7-22(8-6-21)20-31-26(36)4-3-13-34-14-16-35(17-15-34)25-18-23(11-12-30-25)19-28(38)33(2)24-9-10-27(37)32-29(24)39/h5-8,11-12,18,24H,3-4,9-10,13-17,19-20H2,1-2H3,(H,31,36)(H,32,37,39). The van der Waals surface area contributed by atoms with E-state index in [1.165, 1.54) is 10.5 Å². The summed E-state index contributed by atoms with van der Waals surface area (Å²) >= 11 is 0. The highest BCUT2D eigenvalue weighted by Gasteiger charge is 2.32. The lowest BCUT2D eigenvalue weighted by Gasteiger charge is -2.35. The minimum atomic E-state index is -0.621. The van der Waals surface area contributed by atoms with Gasteiger partial charge in [0.1, 0.15) is 11.9 Å². The van der Waals surface area contributed by atoms with Gasteiger partial charge in [-0.05, 0) is 49.6 Å². The Hall–Kier alpha value is -3.79. The number of piperazine rings is 1. The lowest BCUT2D eigenvalue weighted by atomic mass is 10.0. The van der Waals surface area contributed by atoms with Gasteiger partial charge in [-0.2, -0.15) is 0 Å². The van der Waals surface area contributed by atoms with Crippen LogP contribution in [0.15, 0.2) is 42.6 Å². The number of nitrogens with zero attached hydrogens (tertiary/aromatic N) is 4. The zero-order valence-electron chi connectivity index (χ0n) is 22.8. The summed E-state index contributed by atoms with van der Waals surface area (Å²) in [6.45, 7) is 6.89. The molecule has 39 heavy (non-hydrogen) atoms. The van der Waals surface area contributed by atoms with Gasteiger partial charge in [0.25, 0.3) is 0 Å². The molecule has 1 aromatic heterocycles. The molecule has 2 aromatic rings. The highest BCUT2D eigenvalue weighted by Crippen LogP contribution is 2.18. The van der Waals surface area contributed by atoms with Crippen molar-refractivity contribution in [2.45, 2.75) is 51.6 Å². The Morgan fingerprint density at radius 3 is 2.54 bits per heavy atom. The number of carbonyl (C=O) groups excluding carboxylic acids is 4. The molecule has 4 amide bonds. The van der Waals surface area contributed by atoms with Gasteiger partial charge >= 0.3 is 0 Å². The van der Waals surface area contributed by atoms with Crippen molar-refractivity contribution in [3.05, 3.63) is 59.3 Å². The second-order valence-electron chi connectivity index (χ2n) is 10.4. The maximum atomic E-state index is 12.8. The van der Waals surface area contributed by atoms with Crippen molar-refractivity contribution >= 4 is 29.4 Å². The van der Waals surface area contributed by atoms with Crippen LogP contribution in [0.25, 0.3) is 0 Å². The maximum Gasteiger partial charge on any atom is 0.249 e. The number of pyridine rings is 1. The predicted octanol–water partition coefficient (Wildman–Crippen LogP) is 1.41. The Kier molecular flexibility index (Phi) is 9.64. The molecule has 2 aliphatic heterocycles. The predicted molar refractivity (Wildman–Crippen MR) is 148 cm³/mol. The van der Waals surface area contributed by atoms with Gasteiger partial charge in [0.05, 0.1) is 6.42 Å². The number of likely N-dealkylation sites (N-methyl/N-ethyl adjacent to an activating group) is 1. The van der Waals surface area contributed by atoms with E-state index in [-0.39, 0.29) is 30.6 Å². The number of carbonyl (C=O) groups is 4. The lowest BCUT2D eigenvalue weighted by molar-refractivity contribution is -0.144. The number of nitrogens with one attached hydrogen (secondary N) is 2. The Balaban J connectivity index is 1.17. The molecule has 1 aromatic carbocycles. The summed E-state index contributed by atoms with van der Waals surface area (Å²) < 4.78 is 0. The van der Waals surface area contributed by atoms with Crippen LogP contribution in [0.3, 0.4) is 0 Å². The molecular formula is C29H38N6O4. The van der Waals surface area contributed by atoms with Crippen LogP contribution < -0.4 is 15.5 Å². The molecule has 1 atom stereocenters. The summed E-state index contributed by atoms with van der Waals surface area (Å²) in [7, 11) is 1.61. The lowest BCUT2D eigenvalue weighted by Crippen LogP contribution is -2.53. The highest BCUT2D eigenvalue weighted by molar-refractivity contribution is 6.01. The first-order valence-electron chi connectivity index (χ1n) is 13.6. The number of hydrogen-bond donors (Lipinski definition) is 2. The van der Waals surface area contributed by atoms with Crippen molar-refractivity contribution < 1.29 is 19.2 Å². The number of benzene rings is 1. The second-order valence-corrected chi connectivity index (χ2v) is 10.4. The molecule has 2 aliphatic rings. The van der Waals surface area contributed by atoms with Gasteiger partial charge < -0.3 is 15.1 Å². The fraction of sp³-hybridized carbons (Fsp3) is 0.483. The molecule has 2 N–H and O–H groups in total. The summed E-state index contributed by atoms with van der Waals surface area (Å²) in [5.74, 6) is 0.0232. The Morgan fingerprint density at radius 1 is 1.08 bits per heavy atom. The van der Waals surface area contributed by atoms with Crippen LogP contribution in [-0.2, 0) is 32.1 Å². The average Bonchev–Trinajstić information content (AvgIpc) is 2.93. The normalized spacial score (nSPS) is 18.0. The summed E-state index contributed by atoms with van der Waals surface area (Å²) in [5.41, 5.74) is 3.15. The van der Waals surface area contributed by atoms with E-state index < -0.39 is 11.9 Å². The minimum absolute atomic E-state index is 0.0769. The molecule has 0 radical (unpaired) electrons. The van der Waals surface area contributed by atoms with Crippen LogP contribution >= 0.6 is 0 Å². The summed E-state index contributed by atoms with van der Waals surface area (Å²) in [6, 6.07) is 11.3. The van der Waals surface area contributed by atoms with Crippen LogP contribution in [-0.4, -0.2) is 84.2 Å². The molecular weight excluding hydrogens is 496 g/mol. The van der Waals surface area contributed by atoms with E-state index in [4.69, 9.17) is 0 Å². The van der Waals surface area contributed by atoms with Gasteiger partial charge in [0.15, 0.2) is 0 Å². The van der Waals surface area contributed by atoms with E-state index >= 15 is 0 Å². The van der Waals surface area contributed by atoms with Crippen molar-refractivity contribution in [1.29, 1.82) is 0 Å². The zero-order chi connectivity index (χ0) is 27.8. The highest BCUT2D eigenvalue weighted by atomic mass is 16.2. The van der Waals surface area contributed by atoms with Gasteiger partial charge in [-0.3, -0.25) is 29.4 Å². The molecule has 1 unspecified atom stereocenters. The number of amides is 4. The second kappa shape index (κ2) is 13.3. The van der Waals surface area contributed by atoms with E-state index in [1.807, 2.05) is 31.2 Å². The maximum absolute atomic E-state index is 12.8. The molecule has 4 rings (SSSR count). The molecule has 0 bridgehead atoms. The molecule has 3 heterocycles. The number of anilines is 1. The van der Waals surface area contributed by atoms with Crippen molar-refractivity contribution in [2.24, 2.45) is 0 Å². The Bertz CT molecular complexity index is 1180. The number of piperidine rings is 1. The van der Waals surface area contributed by atoms with E-state index in [2.05, 4.69) is 37.6 Å². The SMILES string of the molecule is Cc1ccc(CNC(=O)CCCN2CCN(c3cc(CC(=O)N(C)C4CCC(=O)NC4=O)ccn3)CC2)cc1. The number of aryl methyl sites for hydroxylation is 1. The molecule has 10 heteroatoms. The number of hydrogen-bond acceptors (Lipinski definition) is 7. The number of imide groups is 1. The minimum Gasteiger partial charge on any atom is -0.354 e. The topological polar surface area (TPSA) is 115 Å². The van der Waals surface area contributed by atoms with Gasteiger partial charge in [-0.1, -0.05) is 29.8 Å².